The van der Waals surface area contributed by atoms with Gasteiger partial charge in [-0.05, 0) is 31.2 Å². The van der Waals surface area contributed by atoms with Gasteiger partial charge in [-0.2, -0.15) is 0 Å². The van der Waals surface area contributed by atoms with Gasteiger partial charge in [-0.15, -0.1) is 0 Å². The van der Waals surface area contributed by atoms with Crippen molar-refractivity contribution in [1.29, 1.82) is 0 Å². The fraction of sp³-hybridized carbons (Fsp3) is 0.0556. The lowest BCUT2D eigenvalue weighted by molar-refractivity contribution is 0.0985. The summed E-state index contributed by atoms with van der Waals surface area (Å²) in [5.74, 6) is -0.757. The molecule has 9 heteroatoms. The molecule has 0 aliphatic carbocycles. The van der Waals surface area contributed by atoms with Gasteiger partial charge in [-0.1, -0.05) is 12.1 Å². The second-order valence-electron chi connectivity index (χ2n) is 5.77. The Morgan fingerprint density at radius 1 is 1.00 bits per heavy atom. The number of pyridine rings is 1. The SMILES string of the molecule is Cc1ncccc1NC(=O)c1nc[nH]c1C(=O)Nc1nc2ccccc2[nH]1. The predicted octanol–water partition coefficient (Wildman–Crippen LogP) is 2.49. The molecule has 0 saturated heterocycles. The van der Waals surface area contributed by atoms with Crippen LogP contribution in [0.1, 0.15) is 26.7 Å². The highest BCUT2D eigenvalue weighted by Crippen LogP contribution is 2.16. The smallest absolute Gasteiger partial charge is 0.276 e. The van der Waals surface area contributed by atoms with Crippen LogP contribution in [0.15, 0.2) is 48.9 Å². The van der Waals surface area contributed by atoms with Crippen molar-refractivity contribution in [1.82, 2.24) is 24.9 Å². The van der Waals surface area contributed by atoms with Gasteiger partial charge < -0.3 is 15.3 Å². The minimum absolute atomic E-state index is 0.0214. The van der Waals surface area contributed by atoms with Crippen LogP contribution in [0.3, 0.4) is 0 Å². The number of para-hydroxylation sites is 2. The molecule has 0 radical (unpaired) electrons. The first-order chi connectivity index (χ1) is 13.1. The van der Waals surface area contributed by atoms with Gasteiger partial charge in [-0.25, -0.2) is 9.97 Å². The van der Waals surface area contributed by atoms with Crippen molar-refractivity contribution >= 4 is 34.5 Å². The normalized spacial score (nSPS) is 10.7. The number of fused-ring (bicyclic) bond motifs is 1. The maximum Gasteiger partial charge on any atom is 0.276 e. The molecule has 3 heterocycles. The predicted molar refractivity (Wildman–Crippen MR) is 99.6 cm³/mol. The number of amides is 2. The van der Waals surface area contributed by atoms with Gasteiger partial charge in [0.25, 0.3) is 11.8 Å². The molecule has 0 atom stereocenters. The Balaban J connectivity index is 1.54. The molecule has 27 heavy (non-hydrogen) atoms. The number of nitrogens with zero attached hydrogens (tertiary/aromatic N) is 3. The largest absolute Gasteiger partial charge is 0.340 e. The molecule has 2 amide bonds. The minimum atomic E-state index is -0.528. The topological polar surface area (TPSA) is 128 Å². The average molecular weight is 361 g/mol. The number of hydrogen-bond acceptors (Lipinski definition) is 5. The summed E-state index contributed by atoms with van der Waals surface area (Å²) in [7, 11) is 0. The van der Waals surface area contributed by atoms with E-state index < -0.39 is 11.8 Å². The van der Waals surface area contributed by atoms with Crippen molar-refractivity contribution < 1.29 is 9.59 Å². The number of hydrogen-bond donors (Lipinski definition) is 4. The van der Waals surface area contributed by atoms with Crippen molar-refractivity contribution in [3.8, 4) is 0 Å². The van der Waals surface area contributed by atoms with Gasteiger partial charge in [0.2, 0.25) is 5.95 Å². The molecule has 0 unspecified atom stereocenters. The molecular formula is C18H15N7O2. The zero-order chi connectivity index (χ0) is 18.8. The number of benzene rings is 1. The van der Waals surface area contributed by atoms with Gasteiger partial charge in [0.05, 0.1) is 28.7 Å². The number of aromatic amines is 2. The van der Waals surface area contributed by atoms with Crippen molar-refractivity contribution in [2.45, 2.75) is 6.92 Å². The molecule has 0 aliphatic heterocycles. The molecule has 134 valence electrons. The molecule has 4 aromatic rings. The van der Waals surface area contributed by atoms with E-state index in [1.54, 1.807) is 25.3 Å². The maximum atomic E-state index is 12.6. The minimum Gasteiger partial charge on any atom is -0.340 e. The van der Waals surface area contributed by atoms with E-state index in [9.17, 15) is 9.59 Å². The van der Waals surface area contributed by atoms with E-state index in [1.807, 2.05) is 24.3 Å². The third kappa shape index (κ3) is 3.25. The highest BCUT2D eigenvalue weighted by atomic mass is 16.2. The van der Waals surface area contributed by atoms with Crippen LogP contribution < -0.4 is 10.6 Å². The van der Waals surface area contributed by atoms with Crippen LogP contribution in [0.2, 0.25) is 0 Å². The van der Waals surface area contributed by atoms with E-state index >= 15 is 0 Å². The Hall–Kier alpha value is -4.01. The Morgan fingerprint density at radius 2 is 1.85 bits per heavy atom. The number of nitrogens with one attached hydrogen (secondary N) is 4. The summed E-state index contributed by atoms with van der Waals surface area (Å²) in [4.78, 5) is 43.1. The molecule has 1 aromatic carbocycles. The summed E-state index contributed by atoms with van der Waals surface area (Å²) in [6.45, 7) is 1.77. The van der Waals surface area contributed by atoms with Crippen molar-refractivity contribution in [3.05, 3.63) is 66.0 Å². The number of carbonyl (C=O) groups excluding carboxylic acids is 2. The van der Waals surface area contributed by atoms with Crippen LogP contribution in [0.5, 0.6) is 0 Å². The van der Waals surface area contributed by atoms with Crippen molar-refractivity contribution in [3.63, 3.8) is 0 Å². The Bertz CT molecular complexity index is 1110. The number of carbonyl (C=O) groups is 2. The van der Waals surface area contributed by atoms with E-state index in [4.69, 9.17) is 0 Å². The second kappa shape index (κ2) is 6.71. The maximum absolute atomic E-state index is 12.6. The average Bonchev–Trinajstić information content (AvgIpc) is 3.29. The monoisotopic (exact) mass is 361 g/mol. The molecule has 0 fully saturated rings. The number of anilines is 2. The van der Waals surface area contributed by atoms with Crippen LogP contribution in [-0.2, 0) is 0 Å². The summed E-state index contributed by atoms with van der Waals surface area (Å²) in [5.41, 5.74) is 2.75. The van der Waals surface area contributed by atoms with Crippen LogP contribution in [0, 0.1) is 6.92 Å². The van der Waals surface area contributed by atoms with E-state index in [1.165, 1.54) is 6.33 Å². The summed E-state index contributed by atoms with van der Waals surface area (Å²) in [6, 6.07) is 10.8. The zero-order valence-electron chi connectivity index (χ0n) is 14.3. The molecule has 4 rings (SSSR count). The van der Waals surface area contributed by atoms with Gasteiger partial charge in [-0.3, -0.25) is 19.9 Å². The standard InChI is InChI=1S/C18H15N7O2/c1-10-11(7-4-8-19-10)22-16(26)14-15(21-9-20-14)17(27)25-18-23-12-5-2-3-6-13(12)24-18/h2-9H,1H3,(H,20,21)(H,22,26)(H2,23,24,25,27). The van der Waals surface area contributed by atoms with Crippen LogP contribution in [-0.4, -0.2) is 36.7 Å². The molecule has 0 spiro atoms. The lowest BCUT2D eigenvalue weighted by Crippen LogP contribution is -2.21. The van der Waals surface area contributed by atoms with Crippen LogP contribution >= 0.6 is 0 Å². The first-order valence-electron chi connectivity index (χ1n) is 8.14. The lowest BCUT2D eigenvalue weighted by Gasteiger charge is -2.07. The Labute approximate surface area is 153 Å². The third-order valence-corrected chi connectivity index (χ3v) is 3.96. The number of aromatic nitrogens is 5. The fourth-order valence-corrected chi connectivity index (χ4v) is 2.62. The second-order valence-corrected chi connectivity index (χ2v) is 5.77. The summed E-state index contributed by atoms with van der Waals surface area (Å²) in [6.07, 6.45) is 2.92. The third-order valence-electron chi connectivity index (χ3n) is 3.96. The Kier molecular flexibility index (Phi) is 4.09. The number of H-pyrrole nitrogens is 2. The first-order valence-corrected chi connectivity index (χ1v) is 8.14. The number of aryl methyl sites for hydroxylation is 1. The van der Waals surface area contributed by atoms with E-state index in [0.717, 1.165) is 11.0 Å². The molecule has 3 aromatic heterocycles. The van der Waals surface area contributed by atoms with Crippen molar-refractivity contribution in [2.24, 2.45) is 0 Å². The molecule has 4 N–H and O–H groups in total. The molecular weight excluding hydrogens is 346 g/mol. The first kappa shape index (κ1) is 16.5. The van der Waals surface area contributed by atoms with Crippen molar-refractivity contribution in [2.75, 3.05) is 10.6 Å². The van der Waals surface area contributed by atoms with Gasteiger partial charge >= 0.3 is 0 Å². The van der Waals surface area contributed by atoms with Gasteiger partial charge in [0, 0.05) is 6.20 Å². The number of rotatable bonds is 4. The summed E-state index contributed by atoms with van der Waals surface area (Å²) < 4.78 is 0. The van der Waals surface area contributed by atoms with Crippen LogP contribution in [0.4, 0.5) is 11.6 Å². The fourth-order valence-electron chi connectivity index (χ4n) is 2.62. The van der Waals surface area contributed by atoms with E-state index in [2.05, 4.69) is 35.6 Å². The zero-order valence-corrected chi connectivity index (χ0v) is 14.3. The Morgan fingerprint density at radius 3 is 2.67 bits per heavy atom. The summed E-state index contributed by atoms with van der Waals surface area (Å²) in [5, 5.41) is 5.34. The number of imidazole rings is 2. The molecule has 0 saturated carbocycles. The van der Waals surface area contributed by atoms with Crippen LogP contribution in [0.25, 0.3) is 11.0 Å². The molecule has 9 nitrogen and oxygen atoms in total. The lowest BCUT2D eigenvalue weighted by atomic mass is 10.2. The van der Waals surface area contributed by atoms with E-state index in [0.29, 0.717) is 11.4 Å². The molecule has 0 aliphatic rings. The highest BCUT2D eigenvalue weighted by Gasteiger charge is 2.22. The quantitative estimate of drug-likeness (QED) is 0.444. The van der Waals surface area contributed by atoms with Gasteiger partial charge in [0.15, 0.2) is 5.69 Å². The summed E-state index contributed by atoms with van der Waals surface area (Å²) >= 11 is 0. The molecule has 0 bridgehead atoms. The highest BCUT2D eigenvalue weighted by molar-refractivity contribution is 6.13. The van der Waals surface area contributed by atoms with E-state index in [-0.39, 0.29) is 17.3 Å². The van der Waals surface area contributed by atoms with Gasteiger partial charge in [0.1, 0.15) is 5.69 Å².